The standard InChI is InChI=1S/C26H26ClN3O5/c1-3-35-21-9-8-18(15-20(21)27)24(31)22-23(17-6-4-7-19(14-17)34-2)30(26(33)25(22)32)12-5-11-29-13-10-28-16-29/h4,6-10,13-16,23H,3,5,11-12H2,1-2H3,(H,31,32). The van der Waals surface area contributed by atoms with E-state index in [1.54, 1.807) is 42.6 Å². The molecular weight excluding hydrogens is 470 g/mol. The molecule has 1 saturated heterocycles. The minimum Gasteiger partial charge on any atom is -0.872 e. The number of halogens is 1. The van der Waals surface area contributed by atoms with Crippen molar-refractivity contribution in [1.29, 1.82) is 0 Å². The average molecular weight is 496 g/mol. The average Bonchev–Trinajstić information content (AvgIpc) is 3.47. The summed E-state index contributed by atoms with van der Waals surface area (Å²) in [6.07, 6.45) is 6.09. The van der Waals surface area contributed by atoms with Crippen LogP contribution in [0.5, 0.6) is 11.5 Å². The fourth-order valence-corrected chi connectivity index (χ4v) is 4.45. The largest absolute Gasteiger partial charge is 0.872 e. The third-order valence-electron chi connectivity index (χ3n) is 5.85. The molecule has 0 aliphatic carbocycles. The Balaban J connectivity index is 1.75. The highest BCUT2D eigenvalue weighted by atomic mass is 35.5. The van der Waals surface area contributed by atoms with Crippen LogP contribution in [0.3, 0.4) is 0 Å². The SMILES string of the molecule is CCOc1ccc(C([O-])=C2C(=O)C(=O)N(CCC[n+]3cc[nH]c3)C2c2cccc(OC)c2)cc1Cl. The topological polar surface area (TPSA) is 98.6 Å². The smallest absolute Gasteiger partial charge is 0.295 e. The summed E-state index contributed by atoms with van der Waals surface area (Å²) < 4.78 is 12.7. The lowest BCUT2D eigenvalue weighted by molar-refractivity contribution is -0.695. The van der Waals surface area contributed by atoms with Crippen molar-refractivity contribution in [2.45, 2.75) is 25.9 Å². The molecule has 8 nitrogen and oxygen atoms in total. The summed E-state index contributed by atoms with van der Waals surface area (Å²) >= 11 is 6.29. The van der Waals surface area contributed by atoms with Crippen LogP contribution in [0.25, 0.3) is 5.76 Å². The molecule has 0 saturated carbocycles. The van der Waals surface area contributed by atoms with Gasteiger partial charge in [0.1, 0.15) is 23.9 Å². The number of H-pyrrole nitrogens is 1. The highest BCUT2D eigenvalue weighted by molar-refractivity contribution is 6.46. The van der Waals surface area contributed by atoms with Gasteiger partial charge in [0.25, 0.3) is 5.91 Å². The predicted molar refractivity (Wildman–Crippen MR) is 128 cm³/mol. The summed E-state index contributed by atoms with van der Waals surface area (Å²) in [5, 5.41) is 13.9. The Labute approximate surface area is 208 Å². The fourth-order valence-electron chi connectivity index (χ4n) is 4.21. The van der Waals surface area contributed by atoms with Gasteiger partial charge >= 0.3 is 0 Å². The first-order valence-corrected chi connectivity index (χ1v) is 11.7. The van der Waals surface area contributed by atoms with Crippen molar-refractivity contribution in [3.63, 3.8) is 0 Å². The van der Waals surface area contributed by atoms with Gasteiger partial charge in [0.05, 0.1) is 31.3 Å². The molecule has 1 aromatic heterocycles. The van der Waals surface area contributed by atoms with Gasteiger partial charge in [-0.3, -0.25) is 14.6 Å². The minimum absolute atomic E-state index is 0.0993. The van der Waals surface area contributed by atoms with Gasteiger partial charge in [-0.2, -0.15) is 0 Å². The van der Waals surface area contributed by atoms with Crippen molar-refractivity contribution < 1.29 is 28.7 Å². The summed E-state index contributed by atoms with van der Waals surface area (Å²) in [4.78, 5) is 30.7. The van der Waals surface area contributed by atoms with E-state index in [0.717, 1.165) is 0 Å². The molecule has 0 radical (unpaired) electrons. The van der Waals surface area contributed by atoms with E-state index in [1.807, 2.05) is 24.0 Å². The number of methoxy groups -OCH3 is 1. The third-order valence-corrected chi connectivity index (χ3v) is 6.15. The number of hydrogen-bond donors (Lipinski definition) is 1. The van der Waals surface area contributed by atoms with E-state index >= 15 is 0 Å². The Hall–Kier alpha value is -3.78. The summed E-state index contributed by atoms with van der Waals surface area (Å²) in [5.74, 6) is -1.03. The second-order valence-electron chi connectivity index (χ2n) is 8.03. The Morgan fingerprint density at radius 3 is 2.74 bits per heavy atom. The predicted octanol–water partition coefficient (Wildman–Crippen LogP) is 2.68. The number of aryl methyl sites for hydroxylation is 1. The monoisotopic (exact) mass is 495 g/mol. The number of ether oxygens (including phenoxy) is 2. The number of imidazole rings is 1. The van der Waals surface area contributed by atoms with E-state index in [2.05, 4.69) is 4.98 Å². The number of aromatic nitrogens is 2. The maximum atomic E-state index is 13.6. The molecule has 1 N–H and O–H groups in total. The van der Waals surface area contributed by atoms with E-state index in [1.165, 1.54) is 18.1 Å². The van der Waals surface area contributed by atoms with Gasteiger partial charge in [-0.15, -0.1) is 0 Å². The highest BCUT2D eigenvalue weighted by Crippen LogP contribution is 2.40. The number of likely N-dealkylation sites (tertiary alicyclic amines) is 1. The lowest BCUT2D eigenvalue weighted by atomic mass is 9.95. The number of nitrogens with one attached hydrogen (secondary N) is 1. The van der Waals surface area contributed by atoms with E-state index in [0.29, 0.717) is 43.2 Å². The normalized spacial score (nSPS) is 17.1. The van der Waals surface area contributed by atoms with Crippen LogP contribution in [0.1, 0.15) is 30.5 Å². The van der Waals surface area contributed by atoms with Crippen LogP contribution in [-0.4, -0.2) is 41.8 Å². The van der Waals surface area contributed by atoms with Crippen molar-refractivity contribution >= 4 is 29.1 Å². The van der Waals surface area contributed by atoms with Crippen LogP contribution in [-0.2, 0) is 16.1 Å². The van der Waals surface area contributed by atoms with Gasteiger partial charge in [0, 0.05) is 18.5 Å². The van der Waals surface area contributed by atoms with Gasteiger partial charge in [-0.25, -0.2) is 4.57 Å². The molecule has 2 heterocycles. The van der Waals surface area contributed by atoms with Gasteiger partial charge in [0.2, 0.25) is 12.1 Å². The number of nitrogens with zero attached hydrogens (tertiary/aromatic N) is 2. The number of carbonyl (C=O) groups excluding carboxylic acids is 2. The number of amides is 1. The molecule has 2 aromatic carbocycles. The molecule has 1 fully saturated rings. The van der Waals surface area contributed by atoms with Crippen molar-refractivity contribution in [1.82, 2.24) is 9.88 Å². The Morgan fingerprint density at radius 1 is 1.23 bits per heavy atom. The van der Waals surface area contributed by atoms with Gasteiger partial charge in [0.15, 0.2) is 0 Å². The molecule has 35 heavy (non-hydrogen) atoms. The van der Waals surface area contributed by atoms with Crippen LogP contribution in [0.2, 0.25) is 5.02 Å². The van der Waals surface area contributed by atoms with E-state index < -0.39 is 23.5 Å². The first-order chi connectivity index (χ1) is 16.9. The zero-order valence-corrected chi connectivity index (χ0v) is 20.2. The summed E-state index contributed by atoms with van der Waals surface area (Å²) in [6.45, 7) is 3.19. The van der Waals surface area contributed by atoms with Crippen LogP contribution in [0, 0.1) is 0 Å². The molecule has 182 valence electrons. The van der Waals surface area contributed by atoms with E-state index in [9.17, 15) is 14.7 Å². The Morgan fingerprint density at radius 2 is 2.06 bits per heavy atom. The summed E-state index contributed by atoms with van der Waals surface area (Å²) in [6, 6.07) is 10.8. The number of rotatable bonds is 9. The van der Waals surface area contributed by atoms with E-state index in [4.69, 9.17) is 21.1 Å². The third kappa shape index (κ3) is 5.02. The zero-order chi connectivity index (χ0) is 24.9. The maximum absolute atomic E-state index is 13.6. The van der Waals surface area contributed by atoms with Gasteiger partial charge in [-0.1, -0.05) is 35.6 Å². The molecule has 1 unspecified atom stereocenters. The summed E-state index contributed by atoms with van der Waals surface area (Å²) in [5.41, 5.74) is 0.739. The number of aromatic amines is 1. The first-order valence-electron chi connectivity index (χ1n) is 11.3. The molecule has 0 spiro atoms. The number of Topliss-reactive ketones (excluding diaryl/α,β-unsaturated/α-hetero) is 1. The van der Waals surface area contributed by atoms with Crippen LogP contribution in [0.15, 0.2) is 66.8 Å². The molecule has 0 bridgehead atoms. The Bertz CT molecular complexity index is 1260. The lowest BCUT2D eigenvalue weighted by Gasteiger charge is -2.27. The quantitative estimate of drug-likeness (QED) is 0.213. The Kier molecular flexibility index (Phi) is 7.41. The van der Waals surface area contributed by atoms with Gasteiger partial charge < -0.3 is 19.5 Å². The van der Waals surface area contributed by atoms with Crippen molar-refractivity contribution in [3.8, 4) is 11.5 Å². The molecule has 1 aliphatic heterocycles. The van der Waals surface area contributed by atoms with Crippen molar-refractivity contribution in [3.05, 3.63) is 82.9 Å². The molecule has 1 aliphatic rings. The molecular formula is C26H26ClN3O5. The number of ketones is 1. The lowest BCUT2D eigenvalue weighted by Crippen LogP contribution is -2.36. The zero-order valence-electron chi connectivity index (χ0n) is 19.5. The van der Waals surface area contributed by atoms with E-state index in [-0.39, 0.29) is 16.2 Å². The van der Waals surface area contributed by atoms with Crippen molar-refractivity contribution in [2.24, 2.45) is 0 Å². The number of hydrogen-bond acceptors (Lipinski definition) is 5. The highest BCUT2D eigenvalue weighted by Gasteiger charge is 2.44. The molecule has 1 amide bonds. The first kappa shape index (κ1) is 24.3. The van der Waals surface area contributed by atoms with Gasteiger partial charge in [-0.05, 0) is 42.3 Å². The summed E-state index contributed by atoms with van der Waals surface area (Å²) in [7, 11) is 1.54. The van der Waals surface area contributed by atoms with Crippen molar-refractivity contribution in [2.75, 3.05) is 20.3 Å². The van der Waals surface area contributed by atoms with Crippen LogP contribution < -0.4 is 19.1 Å². The minimum atomic E-state index is -0.834. The molecule has 4 rings (SSSR count). The molecule has 1 atom stereocenters. The maximum Gasteiger partial charge on any atom is 0.295 e. The fraction of sp³-hybridized carbons (Fsp3) is 0.269. The second-order valence-corrected chi connectivity index (χ2v) is 8.44. The van der Waals surface area contributed by atoms with Crippen LogP contribution in [0.4, 0.5) is 0 Å². The molecule has 3 aromatic rings. The molecule has 9 heteroatoms. The number of benzene rings is 2. The van der Waals surface area contributed by atoms with Crippen LogP contribution >= 0.6 is 11.6 Å². The second kappa shape index (κ2) is 10.7. The number of carbonyl (C=O) groups is 2.